The van der Waals surface area contributed by atoms with E-state index in [1.54, 1.807) is 7.11 Å². The van der Waals surface area contributed by atoms with Gasteiger partial charge in [-0.15, -0.1) is 0 Å². The van der Waals surface area contributed by atoms with Crippen LogP contribution in [0.1, 0.15) is 32.4 Å². The summed E-state index contributed by atoms with van der Waals surface area (Å²) in [7, 11) is 3.54. The number of ether oxygens (including phenoxy) is 1. The topological polar surface area (TPSA) is 67.6 Å². The van der Waals surface area contributed by atoms with E-state index in [2.05, 4.69) is 5.32 Å². The van der Waals surface area contributed by atoms with Crippen LogP contribution in [0.4, 0.5) is 0 Å². The number of rotatable bonds is 7. The SMILES string of the molecule is COc1ccccc1C(C(C)N)N(C)CC(=O)NC(C)C. The Bertz CT molecular complexity index is 461. The summed E-state index contributed by atoms with van der Waals surface area (Å²) in [4.78, 5) is 13.9. The van der Waals surface area contributed by atoms with Crippen molar-refractivity contribution >= 4 is 5.91 Å². The molecule has 2 atom stereocenters. The molecule has 0 aliphatic carbocycles. The molecule has 0 fully saturated rings. The molecule has 0 aliphatic rings. The van der Waals surface area contributed by atoms with Crippen LogP contribution in [0.2, 0.25) is 0 Å². The maximum Gasteiger partial charge on any atom is 0.234 e. The highest BCUT2D eigenvalue weighted by Crippen LogP contribution is 2.30. The van der Waals surface area contributed by atoms with E-state index in [1.807, 2.05) is 57.0 Å². The molecule has 0 saturated carbocycles. The molecule has 0 bridgehead atoms. The van der Waals surface area contributed by atoms with Crippen molar-refractivity contribution in [3.63, 3.8) is 0 Å². The average Bonchev–Trinajstić information content (AvgIpc) is 2.37. The van der Waals surface area contributed by atoms with E-state index in [1.165, 1.54) is 0 Å². The Morgan fingerprint density at radius 3 is 2.48 bits per heavy atom. The van der Waals surface area contributed by atoms with Crippen molar-refractivity contribution in [3.8, 4) is 5.75 Å². The fourth-order valence-corrected chi connectivity index (χ4v) is 2.53. The summed E-state index contributed by atoms with van der Waals surface area (Å²) in [6.45, 7) is 6.12. The van der Waals surface area contributed by atoms with Gasteiger partial charge in [0.15, 0.2) is 0 Å². The Labute approximate surface area is 127 Å². The highest BCUT2D eigenvalue weighted by molar-refractivity contribution is 5.78. The summed E-state index contributed by atoms with van der Waals surface area (Å²) in [6, 6.07) is 7.70. The lowest BCUT2D eigenvalue weighted by atomic mass is 9.98. The zero-order chi connectivity index (χ0) is 16.0. The van der Waals surface area contributed by atoms with Gasteiger partial charge in [-0.1, -0.05) is 18.2 Å². The molecule has 118 valence electrons. The first-order chi connectivity index (χ1) is 9.86. The lowest BCUT2D eigenvalue weighted by Crippen LogP contribution is -2.44. The molecule has 0 spiro atoms. The van der Waals surface area contributed by atoms with Crippen LogP contribution in [0.15, 0.2) is 24.3 Å². The lowest BCUT2D eigenvalue weighted by Gasteiger charge is -2.32. The van der Waals surface area contributed by atoms with E-state index in [0.29, 0.717) is 6.54 Å². The smallest absolute Gasteiger partial charge is 0.234 e. The van der Waals surface area contributed by atoms with Gasteiger partial charge in [0.2, 0.25) is 5.91 Å². The van der Waals surface area contributed by atoms with Gasteiger partial charge < -0.3 is 15.8 Å². The summed E-state index contributed by atoms with van der Waals surface area (Å²) in [6.07, 6.45) is 0. The quantitative estimate of drug-likeness (QED) is 0.800. The van der Waals surface area contributed by atoms with Gasteiger partial charge in [-0.05, 0) is 33.9 Å². The van der Waals surface area contributed by atoms with E-state index in [-0.39, 0.29) is 24.0 Å². The summed E-state index contributed by atoms with van der Waals surface area (Å²) in [5.74, 6) is 0.781. The van der Waals surface area contributed by atoms with Crippen molar-refractivity contribution in [2.75, 3.05) is 20.7 Å². The Hall–Kier alpha value is -1.59. The van der Waals surface area contributed by atoms with E-state index >= 15 is 0 Å². The zero-order valence-electron chi connectivity index (χ0n) is 13.6. The third kappa shape index (κ3) is 5.02. The average molecular weight is 293 g/mol. The fraction of sp³-hybridized carbons (Fsp3) is 0.562. The number of nitrogens with two attached hydrogens (primary N) is 1. The van der Waals surface area contributed by atoms with Crippen molar-refractivity contribution < 1.29 is 9.53 Å². The monoisotopic (exact) mass is 293 g/mol. The van der Waals surface area contributed by atoms with E-state index in [0.717, 1.165) is 11.3 Å². The van der Waals surface area contributed by atoms with Crippen LogP contribution < -0.4 is 15.8 Å². The minimum atomic E-state index is -0.127. The molecular weight excluding hydrogens is 266 g/mol. The number of nitrogens with zero attached hydrogens (tertiary/aromatic N) is 1. The Kier molecular flexibility index (Phi) is 6.65. The maximum absolute atomic E-state index is 12.0. The Morgan fingerprint density at radius 2 is 1.95 bits per heavy atom. The predicted octanol–water partition coefficient (Wildman–Crippen LogP) is 1.54. The third-order valence-corrected chi connectivity index (χ3v) is 3.27. The van der Waals surface area contributed by atoms with E-state index < -0.39 is 0 Å². The van der Waals surface area contributed by atoms with Gasteiger partial charge in [0.1, 0.15) is 5.75 Å². The highest BCUT2D eigenvalue weighted by Gasteiger charge is 2.25. The third-order valence-electron chi connectivity index (χ3n) is 3.27. The number of carbonyl (C=O) groups is 1. The van der Waals surface area contributed by atoms with Crippen LogP contribution in [0.25, 0.3) is 0 Å². The molecule has 5 nitrogen and oxygen atoms in total. The molecule has 5 heteroatoms. The molecule has 0 saturated heterocycles. The second-order valence-corrected chi connectivity index (χ2v) is 5.68. The number of hydrogen-bond donors (Lipinski definition) is 2. The number of likely N-dealkylation sites (N-methyl/N-ethyl adjacent to an activating group) is 1. The molecule has 1 aromatic carbocycles. The first-order valence-electron chi connectivity index (χ1n) is 7.25. The van der Waals surface area contributed by atoms with Crippen LogP contribution in [-0.4, -0.2) is 43.6 Å². The van der Waals surface area contributed by atoms with Crippen molar-refractivity contribution in [3.05, 3.63) is 29.8 Å². The van der Waals surface area contributed by atoms with Crippen LogP contribution >= 0.6 is 0 Å². The fourth-order valence-electron chi connectivity index (χ4n) is 2.53. The normalized spacial score (nSPS) is 14.1. The van der Waals surface area contributed by atoms with Gasteiger partial charge in [-0.2, -0.15) is 0 Å². The van der Waals surface area contributed by atoms with Crippen molar-refractivity contribution in [2.45, 2.75) is 38.9 Å². The Morgan fingerprint density at radius 1 is 1.33 bits per heavy atom. The second-order valence-electron chi connectivity index (χ2n) is 5.68. The molecule has 2 unspecified atom stereocenters. The first-order valence-corrected chi connectivity index (χ1v) is 7.25. The maximum atomic E-state index is 12.0. The highest BCUT2D eigenvalue weighted by atomic mass is 16.5. The van der Waals surface area contributed by atoms with Crippen LogP contribution in [0.3, 0.4) is 0 Å². The van der Waals surface area contributed by atoms with Crippen LogP contribution in [0, 0.1) is 0 Å². The van der Waals surface area contributed by atoms with Gasteiger partial charge in [0.25, 0.3) is 0 Å². The lowest BCUT2D eigenvalue weighted by molar-refractivity contribution is -0.123. The molecule has 1 aromatic rings. The predicted molar refractivity (Wildman–Crippen MR) is 85.3 cm³/mol. The van der Waals surface area contributed by atoms with Crippen LogP contribution in [0.5, 0.6) is 5.75 Å². The number of methoxy groups -OCH3 is 1. The Balaban J connectivity index is 2.93. The molecule has 0 radical (unpaired) electrons. The molecule has 0 aliphatic heterocycles. The van der Waals surface area contributed by atoms with Gasteiger partial charge in [0, 0.05) is 17.6 Å². The number of nitrogens with one attached hydrogen (secondary N) is 1. The first kappa shape index (κ1) is 17.5. The summed E-state index contributed by atoms with van der Waals surface area (Å²) < 4.78 is 5.41. The summed E-state index contributed by atoms with van der Waals surface area (Å²) in [5, 5.41) is 2.89. The largest absolute Gasteiger partial charge is 0.496 e. The van der Waals surface area contributed by atoms with Crippen molar-refractivity contribution in [2.24, 2.45) is 5.73 Å². The number of amides is 1. The number of benzene rings is 1. The van der Waals surface area contributed by atoms with Gasteiger partial charge in [-0.3, -0.25) is 9.69 Å². The second kappa shape index (κ2) is 8.00. The molecule has 21 heavy (non-hydrogen) atoms. The summed E-state index contributed by atoms with van der Waals surface area (Å²) >= 11 is 0. The zero-order valence-corrected chi connectivity index (χ0v) is 13.6. The molecule has 1 rings (SSSR count). The molecule has 1 amide bonds. The molecule has 0 aromatic heterocycles. The van der Waals surface area contributed by atoms with Gasteiger partial charge in [-0.25, -0.2) is 0 Å². The van der Waals surface area contributed by atoms with Crippen molar-refractivity contribution in [1.82, 2.24) is 10.2 Å². The van der Waals surface area contributed by atoms with Crippen molar-refractivity contribution in [1.29, 1.82) is 0 Å². The molecule has 0 heterocycles. The molecule has 3 N–H and O–H groups in total. The minimum Gasteiger partial charge on any atom is -0.496 e. The van der Waals surface area contributed by atoms with Gasteiger partial charge >= 0.3 is 0 Å². The standard InChI is InChI=1S/C16H27N3O2/c1-11(2)18-15(20)10-19(4)16(12(3)17)13-8-6-7-9-14(13)21-5/h6-9,11-12,16H,10,17H2,1-5H3,(H,18,20). The van der Waals surface area contributed by atoms with E-state index in [9.17, 15) is 4.79 Å². The molecular formula is C16H27N3O2. The minimum absolute atomic E-state index is 0.00644. The number of hydrogen-bond acceptors (Lipinski definition) is 4. The number of carbonyl (C=O) groups excluding carboxylic acids is 1. The summed E-state index contributed by atoms with van der Waals surface area (Å²) in [5.41, 5.74) is 7.14. The van der Waals surface area contributed by atoms with Crippen LogP contribution in [-0.2, 0) is 4.79 Å². The number of para-hydroxylation sites is 1. The van der Waals surface area contributed by atoms with E-state index in [4.69, 9.17) is 10.5 Å². The van der Waals surface area contributed by atoms with Gasteiger partial charge in [0.05, 0.1) is 19.7 Å².